The smallest absolute Gasteiger partial charge is 0.191 e. The minimum absolute atomic E-state index is 0. The van der Waals surface area contributed by atoms with Gasteiger partial charge in [0.05, 0.1) is 0 Å². The third-order valence-electron chi connectivity index (χ3n) is 6.34. The molecule has 1 saturated carbocycles. The van der Waals surface area contributed by atoms with Crippen LogP contribution in [0.3, 0.4) is 0 Å². The van der Waals surface area contributed by atoms with Crippen molar-refractivity contribution in [2.45, 2.75) is 77.3 Å². The summed E-state index contributed by atoms with van der Waals surface area (Å²) < 4.78 is 5.34. The van der Waals surface area contributed by atoms with Gasteiger partial charge >= 0.3 is 0 Å². The normalized spacial score (nSPS) is 24.8. The predicted octanol–water partition coefficient (Wildman–Crippen LogP) is 3.63. The first kappa shape index (κ1) is 24.0. The van der Waals surface area contributed by atoms with Crippen LogP contribution >= 0.6 is 24.0 Å². The molecule has 0 radical (unpaired) electrons. The van der Waals surface area contributed by atoms with Crippen molar-refractivity contribution in [3.05, 3.63) is 0 Å². The Morgan fingerprint density at radius 3 is 2.58 bits per heavy atom. The van der Waals surface area contributed by atoms with E-state index in [4.69, 9.17) is 4.74 Å². The first-order chi connectivity index (χ1) is 12.1. The van der Waals surface area contributed by atoms with Gasteiger partial charge in [-0.15, -0.1) is 24.0 Å². The maximum Gasteiger partial charge on any atom is 0.191 e. The van der Waals surface area contributed by atoms with E-state index < -0.39 is 0 Å². The van der Waals surface area contributed by atoms with Crippen molar-refractivity contribution in [3.8, 4) is 0 Å². The zero-order valence-electron chi connectivity index (χ0n) is 17.4. The van der Waals surface area contributed by atoms with Crippen molar-refractivity contribution in [1.82, 2.24) is 15.5 Å². The molecule has 6 heteroatoms. The number of methoxy groups -OCH3 is 1. The van der Waals surface area contributed by atoms with Crippen molar-refractivity contribution < 1.29 is 4.74 Å². The van der Waals surface area contributed by atoms with Crippen molar-refractivity contribution in [2.24, 2.45) is 10.4 Å². The number of rotatable bonds is 8. The molecule has 0 bridgehead atoms. The van der Waals surface area contributed by atoms with E-state index in [0.717, 1.165) is 32.1 Å². The van der Waals surface area contributed by atoms with Gasteiger partial charge < -0.3 is 15.4 Å². The number of likely N-dealkylation sites (tertiary alicyclic amines) is 1. The van der Waals surface area contributed by atoms with Crippen LogP contribution in [0.25, 0.3) is 0 Å². The van der Waals surface area contributed by atoms with Gasteiger partial charge in [-0.3, -0.25) is 9.89 Å². The number of aliphatic imine (C=N–C) groups is 1. The van der Waals surface area contributed by atoms with Crippen LogP contribution < -0.4 is 10.6 Å². The predicted molar refractivity (Wildman–Crippen MR) is 122 cm³/mol. The van der Waals surface area contributed by atoms with E-state index in [2.05, 4.69) is 34.4 Å². The van der Waals surface area contributed by atoms with Crippen molar-refractivity contribution in [3.63, 3.8) is 0 Å². The Morgan fingerprint density at radius 2 is 1.96 bits per heavy atom. The average Bonchev–Trinajstić information content (AvgIpc) is 3.09. The Bertz CT molecular complexity index is 413. The highest BCUT2D eigenvalue weighted by Crippen LogP contribution is 2.40. The highest BCUT2D eigenvalue weighted by molar-refractivity contribution is 14.0. The molecular formula is C20H41IN4O. The van der Waals surface area contributed by atoms with E-state index in [9.17, 15) is 0 Å². The monoisotopic (exact) mass is 480 g/mol. The van der Waals surface area contributed by atoms with Gasteiger partial charge in [-0.25, -0.2) is 0 Å². The number of ether oxygens (including phenoxy) is 1. The first-order valence-electron chi connectivity index (χ1n) is 10.3. The molecule has 2 N–H and O–H groups in total. The minimum atomic E-state index is 0. The molecule has 26 heavy (non-hydrogen) atoms. The highest BCUT2D eigenvalue weighted by atomic mass is 127. The van der Waals surface area contributed by atoms with Crippen LogP contribution in [0.5, 0.6) is 0 Å². The molecule has 2 unspecified atom stereocenters. The number of halogens is 1. The molecule has 2 rings (SSSR count). The Balaban J connectivity index is 0.00000338. The molecule has 1 saturated heterocycles. The van der Waals surface area contributed by atoms with E-state index in [0.29, 0.717) is 17.5 Å². The number of hydrogen-bond donors (Lipinski definition) is 2. The van der Waals surface area contributed by atoms with Gasteiger partial charge in [-0.05, 0) is 57.9 Å². The Kier molecular flexibility index (Phi) is 11.4. The molecule has 154 valence electrons. The first-order valence-corrected chi connectivity index (χ1v) is 10.3. The van der Waals surface area contributed by atoms with Crippen LogP contribution in [-0.4, -0.2) is 63.3 Å². The number of guanidine groups is 1. The fraction of sp³-hybridized carbons (Fsp3) is 0.950. The third-order valence-corrected chi connectivity index (χ3v) is 6.34. The molecule has 5 nitrogen and oxygen atoms in total. The molecule has 1 aliphatic carbocycles. The molecule has 2 fully saturated rings. The van der Waals surface area contributed by atoms with Gasteiger partial charge in [-0.2, -0.15) is 0 Å². The molecule has 0 aromatic carbocycles. The number of nitrogens with one attached hydrogen (secondary N) is 2. The quantitative estimate of drug-likeness (QED) is 0.317. The van der Waals surface area contributed by atoms with Gasteiger partial charge in [0.1, 0.15) is 0 Å². The van der Waals surface area contributed by atoms with E-state index in [1.165, 1.54) is 51.5 Å². The molecule has 2 atom stereocenters. The number of nitrogens with zero attached hydrogens (tertiary/aromatic N) is 2. The summed E-state index contributed by atoms with van der Waals surface area (Å²) in [5.41, 5.74) is 0.390. The summed E-state index contributed by atoms with van der Waals surface area (Å²) in [6, 6.07) is 1.25. The Labute approximate surface area is 178 Å². The van der Waals surface area contributed by atoms with Crippen LogP contribution in [0.2, 0.25) is 0 Å². The average molecular weight is 480 g/mol. The second kappa shape index (κ2) is 12.4. The lowest BCUT2D eigenvalue weighted by Gasteiger charge is -2.38. The number of piperidine rings is 1. The summed E-state index contributed by atoms with van der Waals surface area (Å²) >= 11 is 0. The molecule has 0 aromatic rings. The van der Waals surface area contributed by atoms with E-state index in [1.807, 2.05) is 7.05 Å². The van der Waals surface area contributed by atoms with E-state index in [-0.39, 0.29) is 24.0 Å². The zero-order valence-corrected chi connectivity index (χ0v) is 19.7. The topological polar surface area (TPSA) is 48.9 Å². The Hall–Kier alpha value is -0.0800. The van der Waals surface area contributed by atoms with Gasteiger partial charge in [0.2, 0.25) is 0 Å². The van der Waals surface area contributed by atoms with Crippen LogP contribution in [-0.2, 0) is 4.74 Å². The lowest BCUT2D eigenvalue weighted by atomic mass is 9.83. The van der Waals surface area contributed by atoms with Gasteiger partial charge in [0.25, 0.3) is 0 Å². The maximum atomic E-state index is 5.34. The summed E-state index contributed by atoms with van der Waals surface area (Å²) in [6.45, 7) is 8.74. The molecule has 2 aliphatic rings. The second-order valence-corrected chi connectivity index (χ2v) is 8.19. The molecule has 0 aromatic heterocycles. The van der Waals surface area contributed by atoms with Gasteiger partial charge in [0, 0.05) is 45.9 Å². The molecule has 0 spiro atoms. The number of hydrogen-bond acceptors (Lipinski definition) is 3. The third kappa shape index (κ3) is 7.15. The lowest BCUT2D eigenvalue weighted by Crippen LogP contribution is -2.51. The fourth-order valence-electron chi connectivity index (χ4n) is 4.59. The standard InChI is InChI=1S/C20H40N4O.HI/c1-17-9-5-8-13-24(17)18(2)15-22-19(21-3)23-16-20(12-14-25-4)10-6-7-11-20;/h17-18H,5-16H2,1-4H3,(H2,21,22,23);1H. The molecule has 0 amide bonds. The van der Waals surface area contributed by atoms with Crippen molar-refractivity contribution in [2.75, 3.05) is 40.4 Å². The summed E-state index contributed by atoms with van der Waals surface area (Å²) in [6.07, 6.45) is 10.5. The van der Waals surface area contributed by atoms with Crippen LogP contribution in [0, 0.1) is 5.41 Å². The van der Waals surface area contributed by atoms with Crippen LogP contribution in [0.1, 0.15) is 65.2 Å². The van der Waals surface area contributed by atoms with E-state index >= 15 is 0 Å². The van der Waals surface area contributed by atoms with Gasteiger partial charge in [-0.1, -0.05) is 19.3 Å². The second-order valence-electron chi connectivity index (χ2n) is 8.19. The van der Waals surface area contributed by atoms with Crippen LogP contribution in [0.15, 0.2) is 4.99 Å². The fourth-order valence-corrected chi connectivity index (χ4v) is 4.59. The van der Waals surface area contributed by atoms with Crippen molar-refractivity contribution in [1.29, 1.82) is 0 Å². The SMILES string of the molecule is CN=C(NCC(C)N1CCCCC1C)NCC1(CCOC)CCCC1.I. The van der Waals surface area contributed by atoms with Crippen molar-refractivity contribution >= 4 is 29.9 Å². The summed E-state index contributed by atoms with van der Waals surface area (Å²) in [5, 5.41) is 7.15. The summed E-state index contributed by atoms with van der Waals surface area (Å²) in [5.74, 6) is 0.945. The molecular weight excluding hydrogens is 439 g/mol. The highest BCUT2D eigenvalue weighted by Gasteiger charge is 2.33. The molecule has 1 heterocycles. The van der Waals surface area contributed by atoms with Gasteiger partial charge in [0.15, 0.2) is 5.96 Å². The van der Waals surface area contributed by atoms with Crippen LogP contribution in [0.4, 0.5) is 0 Å². The molecule has 1 aliphatic heterocycles. The van der Waals surface area contributed by atoms with E-state index in [1.54, 1.807) is 7.11 Å². The Morgan fingerprint density at radius 1 is 1.23 bits per heavy atom. The summed E-state index contributed by atoms with van der Waals surface area (Å²) in [4.78, 5) is 7.08. The zero-order chi connectivity index (χ0) is 18.1. The largest absolute Gasteiger partial charge is 0.385 e. The minimum Gasteiger partial charge on any atom is -0.385 e. The lowest BCUT2D eigenvalue weighted by molar-refractivity contribution is 0.115. The summed E-state index contributed by atoms with van der Waals surface area (Å²) in [7, 11) is 3.68. The maximum absolute atomic E-state index is 5.34.